The Hall–Kier alpha value is -1.42. The van der Waals surface area contributed by atoms with E-state index in [1.54, 1.807) is 0 Å². The largest absolute Gasteiger partial charge is 0.374 e. The van der Waals surface area contributed by atoms with Gasteiger partial charge in [-0.05, 0) is 22.9 Å². The molecule has 1 heterocycles. The quantitative estimate of drug-likeness (QED) is 0.931. The molecule has 106 valence electrons. The highest BCUT2D eigenvalue weighted by Crippen LogP contribution is 2.33. The molecule has 1 aliphatic rings. The van der Waals surface area contributed by atoms with Crippen LogP contribution in [-0.2, 0) is 4.74 Å². The van der Waals surface area contributed by atoms with Crippen molar-refractivity contribution < 1.29 is 4.74 Å². The molecule has 0 radical (unpaired) electrons. The molecule has 0 aromatic heterocycles. The van der Waals surface area contributed by atoms with Crippen LogP contribution in [0.15, 0.2) is 42.5 Å². The lowest BCUT2D eigenvalue weighted by molar-refractivity contribution is -0.0653. The Kier molecular flexibility index (Phi) is 4.01. The van der Waals surface area contributed by atoms with E-state index in [9.17, 15) is 0 Å². The van der Waals surface area contributed by atoms with E-state index in [4.69, 9.17) is 10.5 Å². The van der Waals surface area contributed by atoms with Crippen molar-refractivity contribution in [2.75, 3.05) is 26.2 Å². The van der Waals surface area contributed by atoms with Crippen LogP contribution >= 0.6 is 0 Å². The molecule has 0 spiro atoms. The predicted molar refractivity (Wildman–Crippen MR) is 82.7 cm³/mol. The SMILES string of the molecule is CCN1CCOC(CN)C1c1cccc2ccccc12. The van der Waals surface area contributed by atoms with Crippen molar-refractivity contribution in [1.82, 2.24) is 4.90 Å². The van der Waals surface area contributed by atoms with Gasteiger partial charge in [0.05, 0.1) is 18.8 Å². The minimum absolute atomic E-state index is 0.0782. The molecule has 2 aromatic rings. The van der Waals surface area contributed by atoms with Crippen molar-refractivity contribution in [2.24, 2.45) is 5.73 Å². The topological polar surface area (TPSA) is 38.5 Å². The van der Waals surface area contributed by atoms with Gasteiger partial charge in [-0.1, -0.05) is 49.4 Å². The minimum Gasteiger partial charge on any atom is -0.374 e. The maximum absolute atomic E-state index is 5.94. The molecule has 20 heavy (non-hydrogen) atoms. The Bertz CT molecular complexity index is 567. The molecule has 3 rings (SSSR count). The summed E-state index contributed by atoms with van der Waals surface area (Å²) >= 11 is 0. The summed E-state index contributed by atoms with van der Waals surface area (Å²) in [5.41, 5.74) is 7.27. The number of morpholine rings is 1. The Morgan fingerprint density at radius 2 is 2.00 bits per heavy atom. The van der Waals surface area contributed by atoms with E-state index >= 15 is 0 Å². The summed E-state index contributed by atoms with van der Waals surface area (Å²) in [6, 6.07) is 15.3. The van der Waals surface area contributed by atoms with Gasteiger partial charge in [-0.3, -0.25) is 4.90 Å². The third-order valence-electron chi connectivity index (χ3n) is 4.24. The lowest BCUT2D eigenvalue weighted by Crippen LogP contribution is -2.48. The molecule has 3 nitrogen and oxygen atoms in total. The van der Waals surface area contributed by atoms with Crippen molar-refractivity contribution in [2.45, 2.75) is 19.1 Å². The van der Waals surface area contributed by atoms with E-state index in [-0.39, 0.29) is 12.1 Å². The van der Waals surface area contributed by atoms with E-state index in [1.807, 2.05) is 0 Å². The van der Waals surface area contributed by atoms with Gasteiger partial charge in [0.15, 0.2) is 0 Å². The fraction of sp³-hybridized carbons (Fsp3) is 0.412. The highest BCUT2D eigenvalue weighted by molar-refractivity contribution is 5.86. The summed E-state index contributed by atoms with van der Waals surface area (Å²) in [5.74, 6) is 0. The highest BCUT2D eigenvalue weighted by Gasteiger charge is 2.32. The zero-order valence-corrected chi connectivity index (χ0v) is 12.0. The highest BCUT2D eigenvalue weighted by atomic mass is 16.5. The van der Waals surface area contributed by atoms with E-state index in [0.29, 0.717) is 6.54 Å². The van der Waals surface area contributed by atoms with Gasteiger partial charge in [0.25, 0.3) is 0 Å². The van der Waals surface area contributed by atoms with Crippen molar-refractivity contribution in [3.8, 4) is 0 Å². The Balaban J connectivity index is 2.10. The Morgan fingerprint density at radius 1 is 1.20 bits per heavy atom. The van der Waals surface area contributed by atoms with E-state index < -0.39 is 0 Å². The second-order valence-electron chi connectivity index (χ2n) is 5.29. The van der Waals surface area contributed by atoms with Gasteiger partial charge in [-0.15, -0.1) is 0 Å². The first-order chi connectivity index (χ1) is 9.85. The summed E-state index contributed by atoms with van der Waals surface area (Å²) < 4.78 is 5.91. The predicted octanol–water partition coefficient (Wildman–Crippen LogP) is 2.56. The average molecular weight is 270 g/mol. The van der Waals surface area contributed by atoms with Crippen LogP contribution in [0.5, 0.6) is 0 Å². The molecule has 1 aliphatic heterocycles. The Labute approximate surface area is 120 Å². The monoisotopic (exact) mass is 270 g/mol. The first-order valence-corrected chi connectivity index (χ1v) is 7.38. The van der Waals surface area contributed by atoms with Gasteiger partial charge >= 0.3 is 0 Å². The van der Waals surface area contributed by atoms with Gasteiger partial charge in [0, 0.05) is 13.1 Å². The summed E-state index contributed by atoms with van der Waals surface area (Å²) in [5, 5.41) is 2.59. The molecule has 3 heteroatoms. The van der Waals surface area contributed by atoms with Crippen LogP contribution in [0.1, 0.15) is 18.5 Å². The van der Waals surface area contributed by atoms with E-state index in [0.717, 1.165) is 19.7 Å². The van der Waals surface area contributed by atoms with Crippen molar-refractivity contribution in [3.05, 3.63) is 48.0 Å². The molecule has 2 unspecified atom stereocenters. The van der Waals surface area contributed by atoms with Gasteiger partial charge < -0.3 is 10.5 Å². The van der Waals surface area contributed by atoms with Crippen LogP contribution in [0.25, 0.3) is 10.8 Å². The molecule has 2 N–H and O–H groups in total. The summed E-state index contributed by atoms with van der Waals surface area (Å²) in [7, 11) is 0. The number of benzene rings is 2. The minimum atomic E-state index is 0.0782. The number of fused-ring (bicyclic) bond motifs is 1. The molecule has 0 bridgehead atoms. The van der Waals surface area contributed by atoms with Gasteiger partial charge in [-0.25, -0.2) is 0 Å². The number of ether oxygens (including phenoxy) is 1. The van der Waals surface area contributed by atoms with Crippen molar-refractivity contribution >= 4 is 10.8 Å². The standard InChI is InChI=1S/C17H22N2O/c1-2-19-10-11-20-16(12-18)17(19)15-9-5-7-13-6-3-4-8-14(13)15/h3-9,16-17H,2,10-12,18H2,1H3. The molecule has 2 atom stereocenters. The maximum Gasteiger partial charge on any atom is 0.0894 e. The lowest BCUT2D eigenvalue weighted by Gasteiger charge is -2.41. The van der Waals surface area contributed by atoms with Gasteiger partial charge in [-0.2, -0.15) is 0 Å². The molecular formula is C17H22N2O. The van der Waals surface area contributed by atoms with Crippen molar-refractivity contribution in [3.63, 3.8) is 0 Å². The molecule has 0 aliphatic carbocycles. The van der Waals surface area contributed by atoms with Crippen LogP contribution in [0, 0.1) is 0 Å². The summed E-state index contributed by atoms with van der Waals surface area (Å²) in [4.78, 5) is 2.48. The number of rotatable bonds is 3. The van der Waals surface area contributed by atoms with Crippen LogP contribution in [0.3, 0.4) is 0 Å². The zero-order valence-electron chi connectivity index (χ0n) is 12.0. The number of hydrogen-bond acceptors (Lipinski definition) is 3. The summed E-state index contributed by atoms with van der Waals surface area (Å²) in [6.45, 7) is 5.53. The average Bonchev–Trinajstić information content (AvgIpc) is 2.53. The lowest BCUT2D eigenvalue weighted by atomic mass is 9.93. The normalized spacial score (nSPS) is 24.1. The first-order valence-electron chi connectivity index (χ1n) is 7.38. The number of nitrogens with zero attached hydrogens (tertiary/aromatic N) is 1. The molecule has 0 amide bonds. The molecule has 0 saturated carbocycles. The molecule has 1 fully saturated rings. The van der Waals surface area contributed by atoms with Crippen LogP contribution in [0.4, 0.5) is 0 Å². The second kappa shape index (κ2) is 5.92. The third-order valence-corrected chi connectivity index (χ3v) is 4.24. The molecule has 2 aromatic carbocycles. The fourth-order valence-electron chi connectivity index (χ4n) is 3.24. The maximum atomic E-state index is 5.94. The smallest absolute Gasteiger partial charge is 0.0894 e. The number of hydrogen-bond donors (Lipinski definition) is 1. The number of likely N-dealkylation sites (N-methyl/N-ethyl adjacent to an activating group) is 1. The van der Waals surface area contributed by atoms with E-state index in [1.165, 1.54) is 16.3 Å². The van der Waals surface area contributed by atoms with Crippen LogP contribution < -0.4 is 5.73 Å². The van der Waals surface area contributed by atoms with Crippen LogP contribution in [0.2, 0.25) is 0 Å². The molecule has 1 saturated heterocycles. The Morgan fingerprint density at radius 3 is 2.80 bits per heavy atom. The number of nitrogens with two attached hydrogens (primary N) is 1. The zero-order chi connectivity index (χ0) is 13.9. The van der Waals surface area contributed by atoms with Gasteiger partial charge in [0.1, 0.15) is 0 Å². The fourth-order valence-corrected chi connectivity index (χ4v) is 3.24. The van der Waals surface area contributed by atoms with Crippen molar-refractivity contribution in [1.29, 1.82) is 0 Å². The van der Waals surface area contributed by atoms with Gasteiger partial charge in [0.2, 0.25) is 0 Å². The third kappa shape index (κ3) is 2.33. The summed E-state index contributed by atoms with van der Waals surface area (Å²) in [6.07, 6.45) is 0.0782. The first kappa shape index (κ1) is 13.6. The molecular weight excluding hydrogens is 248 g/mol. The second-order valence-corrected chi connectivity index (χ2v) is 5.29. The van der Waals surface area contributed by atoms with Crippen LogP contribution in [-0.4, -0.2) is 37.2 Å². The van der Waals surface area contributed by atoms with E-state index in [2.05, 4.69) is 54.3 Å².